The maximum Gasteiger partial charge on any atom is 0.201 e. The summed E-state index contributed by atoms with van der Waals surface area (Å²) < 4.78 is 0. The lowest BCUT2D eigenvalue weighted by molar-refractivity contribution is 0.791. The van der Waals surface area contributed by atoms with Gasteiger partial charge < -0.3 is 10.3 Å². The summed E-state index contributed by atoms with van der Waals surface area (Å²) in [6.07, 6.45) is 1.02. The quantitative estimate of drug-likeness (QED) is 0.748. The van der Waals surface area contributed by atoms with Gasteiger partial charge in [-0.1, -0.05) is 18.2 Å². The molecule has 1 atom stereocenters. The summed E-state index contributed by atoms with van der Waals surface area (Å²) >= 11 is 1.80. The summed E-state index contributed by atoms with van der Waals surface area (Å²) in [5.41, 5.74) is 2.08. The van der Waals surface area contributed by atoms with Crippen LogP contribution in [0.15, 0.2) is 41.8 Å². The Morgan fingerprint density at radius 3 is 2.94 bits per heavy atom. The standard InChI is InChI=1S/C14H15N3S/c1-10(9-11-5-4-8-18-11)15-14-16-12-6-2-3-7-13(12)17-14/h2-8,10H,9H2,1H3,(H2,15,16,17). The molecule has 1 unspecified atom stereocenters. The Morgan fingerprint density at radius 1 is 1.28 bits per heavy atom. The molecule has 0 aliphatic carbocycles. The number of imidazole rings is 1. The zero-order valence-electron chi connectivity index (χ0n) is 10.2. The lowest BCUT2D eigenvalue weighted by atomic mass is 10.2. The van der Waals surface area contributed by atoms with Crippen molar-refractivity contribution in [3.63, 3.8) is 0 Å². The van der Waals surface area contributed by atoms with Crippen molar-refractivity contribution in [2.75, 3.05) is 5.32 Å². The minimum atomic E-state index is 0.365. The van der Waals surface area contributed by atoms with Crippen LogP contribution in [-0.4, -0.2) is 16.0 Å². The molecule has 0 radical (unpaired) electrons. The van der Waals surface area contributed by atoms with E-state index in [1.54, 1.807) is 11.3 Å². The summed E-state index contributed by atoms with van der Waals surface area (Å²) in [5.74, 6) is 0.847. The molecule has 0 spiro atoms. The number of thiophene rings is 1. The van der Waals surface area contributed by atoms with Crippen molar-refractivity contribution in [1.29, 1.82) is 0 Å². The Morgan fingerprint density at radius 2 is 2.17 bits per heavy atom. The second-order valence-electron chi connectivity index (χ2n) is 4.43. The molecular weight excluding hydrogens is 242 g/mol. The molecule has 92 valence electrons. The fourth-order valence-electron chi connectivity index (χ4n) is 2.04. The van der Waals surface area contributed by atoms with Gasteiger partial charge >= 0.3 is 0 Å². The fourth-order valence-corrected chi connectivity index (χ4v) is 2.87. The Hall–Kier alpha value is -1.81. The second-order valence-corrected chi connectivity index (χ2v) is 5.46. The van der Waals surface area contributed by atoms with Crippen LogP contribution in [0.25, 0.3) is 11.0 Å². The molecule has 0 fully saturated rings. The van der Waals surface area contributed by atoms with Gasteiger partial charge in [0.1, 0.15) is 0 Å². The van der Waals surface area contributed by atoms with Gasteiger partial charge in [0.05, 0.1) is 11.0 Å². The van der Waals surface area contributed by atoms with Crippen LogP contribution in [0.5, 0.6) is 0 Å². The van der Waals surface area contributed by atoms with Crippen molar-refractivity contribution in [3.05, 3.63) is 46.7 Å². The first-order valence-electron chi connectivity index (χ1n) is 6.05. The largest absolute Gasteiger partial charge is 0.353 e. The molecule has 3 nitrogen and oxygen atoms in total. The maximum absolute atomic E-state index is 4.52. The molecule has 0 aliphatic heterocycles. The third-order valence-electron chi connectivity index (χ3n) is 2.86. The molecule has 3 aromatic rings. The van der Waals surface area contributed by atoms with E-state index in [4.69, 9.17) is 0 Å². The van der Waals surface area contributed by atoms with E-state index in [2.05, 4.69) is 39.7 Å². The van der Waals surface area contributed by atoms with Crippen LogP contribution in [0, 0.1) is 0 Å². The van der Waals surface area contributed by atoms with Crippen molar-refractivity contribution in [3.8, 4) is 0 Å². The minimum Gasteiger partial charge on any atom is -0.353 e. The first-order valence-corrected chi connectivity index (χ1v) is 6.93. The Balaban J connectivity index is 1.71. The van der Waals surface area contributed by atoms with Crippen molar-refractivity contribution < 1.29 is 0 Å². The number of rotatable bonds is 4. The molecule has 1 aromatic carbocycles. The molecule has 0 amide bonds. The van der Waals surface area contributed by atoms with Crippen LogP contribution in [0.2, 0.25) is 0 Å². The number of benzene rings is 1. The van der Waals surface area contributed by atoms with Gasteiger partial charge in [-0.15, -0.1) is 11.3 Å². The lowest BCUT2D eigenvalue weighted by Crippen LogP contribution is -2.18. The molecule has 18 heavy (non-hydrogen) atoms. The molecule has 0 saturated carbocycles. The molecule has 2 N–H and O–H groups in total. The van der Waals surface area contributed by atoms with Crippen molar-refractivity contribution in [2.45, 2.75) is 19.4 Å². The van der Waals surface area contributed by atoms with Crippen LogP contribution >= 0.6 is 11.3 Å². The van der Waals surface area contributed by atoms with Gasteiger partial charge in [0.25, 0.3) is 0 Å². The first kappa shape index (κ1) is 11.3. The summed E-state index contributed by atoms with van der Waals surface area (Å²) in [6.45, 7) is 2.17. The van der Waals surface area contributed by atoms with Crippen molar-refractivity contribution in [2.24, 2.45) is 0 Å². The number of para-hydroxylation sites is 2. The third kappa shape index (κ3) is 2.38. The van der Waals surface area contributed by atoms with Crippen LogP contribution in [0.1, 0.15) is 11.8 Å². The van der Waals surface area contributed by atoms with E-state index in [-0.39, 0.29) is 0 Å². The predicted octanol–water partition coefficient (Wildman–Crippen LogP) is 3.67. The lowest BCUT2D eigenvalue weighted by Gasteiger charge is -2.11. The van der Waals surface area contributed by atoms with Gasteiger partial charge in [-0.05, 0) is 30.5 Å². The monoisotopic (exact) mass is 257 g/mol. The Kier molecular flexibility index (Phi) is 3.02. The molecule has 3 rings (SSSR count). The van der Waals surface area contributed by atoms with Crippen LogP contribution in [0.4, 0.5) is 5.95 Å². The van der Waals surface area contributed by atoms with Crippen molar-refractivity contribution in [1.82, 2.24) is 9.97 Å². The molecule has 2 aromatic heterocycles. The summed E-state index contributed by atoms with van der Waals surface area (Å²) in [4.78, 5) is 9.20. The molecule has 2 heterocycles. The highest BCUT2D eigenvalue weighted by atomic mass is 32.1. The van der Waals surface area contributed by atoms with Gasteiger partial charge in [0.15, 0.2) is 0 Å². The Bertz CT molecular complexity index is 594. The van der Waals surface area contributed by atoms with E-state index in [0.29, 0.717) is 6.04 Å². The number of aromatic amines is 1. The van der Waals surface area contributed by atoms with Gasteiger partial charge in [-0.25, -0.2) is 4.98 Å². The second kappa shape index (κ2) is 4.82. The van der Waals surface area contributed by atoms with Crippen LogP contribution in [0.3, 0.4) is 0 Å². The number of hydrogen-bond donors (Lipinski definition) is 2. The summed E-state index contributed by atoms with van der Waals surface area (Å²) in [6, 6.07) is 12.7. The highest BCUT2D eigenvalue weighted by Crippen LogP contribution is 2.16. The number of nitrogens with one attached hydrogen (secondary N) is 2. The van der Waals surface area contributed by atoms with Gasteiger partial charge in [-0.2, -0.15) is 0 Å². The third-order valence-corrected chi connectivity index (χ3v) is 3.76. The van der Waals surface area contributed by atoms with E-state index < -0.39 is 0 Å². The van der Waals surface area contributed by atoms with Crippen LogP contribution in [-0.2, 0) is 6.42 Å². The summed E-state index contributed by atoms with van der Waals surface area (Å²) in [5, 5.41) is 5.52. The molecule has 0 saturated heterocycles. The maximum atomic E-state index is 4.52. The van der Waals surface area contributed by atoms with Gasteiger partial charge in [-0.3, -0.25) is 0 Å². The summed E-state index contributed by atoms with van der Waals surface area (Å²) in [7, 11) is 0. The Labute approximate surface area is 110 Å². The number of hydrogen-bond acceptors (Lipinski definition) is 3. The van der Waals surface area contributed by atoms with E-state index in [9.17, 15) is 0 Å². The van der Waals surface area contributed by atoms with E-state index in [1.807, 2.05) is 24.3 Å². The van der Waals surface area contributed by atoms with Crippen LogP contribution < -0.4 is 5.32 Å². The molecule has 0 bridgehead atoms. The highest BCUT2D eigenvalue weighted by molar-refractivity contribution is 7.09. The number of H-pyrrole nitrogens is 1. The molecular formula is C14H15N3S. The predicted molar refractivity (Wildman–Crippen MR) is 77.2 cm³/mol. The fraction of sp³-hybridized carbons (Fsp3) is 0.214. The smallest absolute Gasteiger partial charge is 0.201 e. The van der Waals surface area contributed by atoms with Gasteiger partial charge in [0, 0.05) is 17.3 Å². The molecule has 4 heteroatoms. The highest BCUT2D eigenvalue weighted by Gasteiger charge is 2.07. The van der Waals surface area contributed by atoms with Crippen molar-refractivity contribution >= 4 is 28.3 Å². The first-order chi connectivity index (χ1) is 8.81. The van der Waals surface area contributed by atoms with E-state index in [1.165, 1.54) is 4.88 Å². The number of fused-ring (bicyclic) bond motifs is 1. The SMILES string of the molecule is CC(Cc1cccs1)Nc1nc2ccccc2[nH]1. The average Bonchev–Trinajstić information content (AvgIpc) is 2.96. The normalized spacial score (nSPS) is 12.7. The number of anilines is 1. The zero-order valence-corrected chi connectivity index (χ0v) is 11.0. The van der Waals surface area contributed by atoms with E-state index >= 15 is 0 Å². The zero-order chi connectivity index (χ0) is 12.4. The number of aromatic nitrogens is 2. The van der Waals surface area contributed by atoms with E-state index in [0.717, 1.165) is 23.4 Å². The topological polar surface area (TPSA) is 40.7 Å². The average molecular weight is 257 g/mol. The number of nitrogens with zero attached hydrogens (tertiary/aromatic N) is 1. The minimum absolute atomic E-state index is 0.365. The van der Waals surface area contributed by atoms with Gasteiger partial charge in [0.2, 0.25) is 5.95 Å². The molecule has 0 aliphatic rings.